The van der Waals surface area contributed by atoms with Gasteiger partial charge in [-0.25, -0.2) is 0 Å². The van der Waals surface area contributed by atoms with Gasteiger partial charge in [0, 0.05) is 0 Å². The molecule has 0 saturated carbocycles. The fourth-order valence-corrected chi connectivity index (χ4v) is 1.92. The van der Waals surface area contributed by atoms with Crippen LogP contribution in [0.3, 0.4) is 0 Å². The molecule has 0 amide bonds. The molecule has 0 aliphatic carbocycles. The summed E-state index contributed by atoms with van der Waals surface area (Å²) in [6.45, 7) is 0. The summed E-state index contributed by atoms with van der Waals surface area (Å²) in [5.41, 5.74) is 2.56. The molecule has 0 nitrogen and oxygen atoms in total. The molecule has 2 rings (SSSR count). The van der Waals surface area contributed by atoms with Crippen molar-refractivity contribution in [1.29, 1.82) is 0 Å². The van der Waals surface area contributed by atoms with Gasteiger partial charge in [-0.15, -0.1) is 0 Å². The van der Waals surface area contributed by atoms with Crippen LogP contribution in [0.4, 0.5) is 0 Å². The second-order valence-electron chi connectivity index (χ2n) is 4.56. The van der Waals surface area contributed by atoms with Crippen LogP contribution < -0.4 is 0 Å². The standard InChI is InChI=1S/C19H20/c1(2-6-12-18-14-8-4-9-15-18)3-7-13-19-16-10-5-11-17-19/h4-17H,1-3H2/b12-6+,13-7+. The number of benzene rings is 2. The van der Waals surface area contributed by atoms with Crippen molar-refractivity contribution in [3.8, 4) is 0 Å². The molecule has 0 aromatic heterocycles. The summed E-state index contributed by atoms with van der Waals surface area (Å²) in [5, 5.41) is 0. The lowest BCUT2D eigenvalue weighted by molar-refractivity contribution is 0.873. The molecule has 0 aliphatic heterocycles. The molecule has 0 atom stereocenters. The Morgan fingerprint density at radius 2 is 1.00 bits per heavy atom. The van der Waals surface area contributed by atoms with Crippen molar-refractivity contribution in [1.82, 2.24) is 0 Å². The molecule has 0 radical (unpaired) electrons. The highest BCUT2D eigenvalue weighted by Crippen LogP contribution is 2.06. The molecule has 0 spiro atoms. The second kappa shape index (κ2) is 8.10. The van der Waals surface area contributed by atoms with Gasteiger partial charge < -0.3 is 0 Å². The van der Waals surface area contributed by atoms with Crippen molar-refractivity contribution in [2.24, 2.45) is 0 Å². The molecule has 0 heteroatoms. The van der Waals surface area contributed by atoms with E-state index >= 15 is 0 Å². The largest absolute Gasteiger partial charge is 0.0839 e. The maximum atomic E-state index is 2.26. The molecule has 0 fully saturated rings. The molecule has 0 saturated heterocycles. The van der Waals surface area contributed by atoms with E-state index < -0.39 is 0 Å². The van der Waals surface area contributed by atoms with Crippen LogP contribution >= 0.6 is 0 Å². The molecule has 0 N–H and O–H groups in total. The predicted molar refractivity (Wildman–Crippen MR) is 84.8 cm³/mol. The molecule has 0 heterocycles. The maximum absolute atomic E-state index is 2.26. The van der Waals surface area contributed by atoms with Crippen LogP contribution in [-0.2, 0) is 0 Å². The van der Waals surface area contributed by atoms with Gasteiger partial charge in [-0.2, -0.15) is 0 Å². The monoisotopic (exact) mass is 248 g/mol. The summed E-state index contributed by atoms with van der Waals surface area (Å²) in [5.74, 6) is 0. The Bertz CT molecular complexity index is 457. The number of unbranched alkanes of at least 4 members (excludes halogenated alkanes) is 2. The third-order valence-electron chi connectivity index (χ3n) is 2.96. The SMILES string of the molecule is C(=C\c1ccccc1)/CCC/C=C/c1ccccc1. The Balaban J connectivity index is 1.65. The van der Waals surface area contributed by atoms with Crippen LogP contribution in [-0.4, -0.2) is 0 Å². The molecule has 0 bridgehead atoms. The zero-order chi connectivity index (χ0) is 13.2. The fourth-order valence-electron chi connectivity index (χ4n) is 1.92. The molecule has 19 heavy (non-hydrogen) atoms. The quantitative estimate of drug-likeness (QED) is 0.585. The van der Waals surface area contributed by atoms with Gasteiger partial charge in [0.25, 0.3) is 0 Å². The molecule has 2 aromatic carbocycles. The Labute approximate surface area is 116 Å². The highest BCUT2D eigenvalue weighted by Gasteiger charge is 1.85. The summed E-state index contributed by atoms with van der Waals surface area (Å²) >= 11 is 0. The van der Waals surface area contributed by atoms with Gasteiger partial charge in [0.05, 0.1) is 0 Å². The van der Waals surface area contributed by atoms with Crippen molar-refractivity contribution in [3.05, 3.63) is 83.9 Å². The number of hydrogen-bond donors (Lipinski definition) is 0. The van der Waals surface area contributed by atoms with E-state index in [9.17, 15) is 0 Å². The third kappa shape index (κ3) is 5.39. The maximum Gasteiger partial charge on any atom is -0.0260 e. The number of allylic oxidation sites excluding steroid dienone is 2. The van der Waals surface area contributed by atoms with Gasteiger partial charge in [0.15, 0.2) is 0 Å². The van der Waals surface area contributed by atoms with Crippen molar-refractivity contribution >= 4 is 12.2 Å². The van der Waals surface area contributed by atoms with Crippen LogP contribution in [0.15, 0.2) is 72.8 Å². The zero-order valence-corrected chi connectivity index (χ0v) is 11.2. The topological polar surface area (TPSA) is 0 Å². The lowest BCUT2D eigenvalue weighted by atomic mass is 10.1. The van der Waals surface area contributed by atoms with Crippen molar-refractivity contribution in [3.63, 3.8) is 0 Å². The first kappa shape index (κ1) is 13.4. The average molecular weight is 248 g/mol. The number of rotatable bonds is 6. The van der Waals surface area contributed by atoms with Crippen LogP contribution in [0.25, 0.3) is 12.2 Å². The molecule has 2 aromatic rings. The lowest BCUT2D eigenvalue weighted by Crippen LogP contribution is -1.72. The van der Waals surface area contributed by atoms with Crippen LogP contribution in [0, 0.1) is 0 Å². The first-order chi connectivity index (χ1) is 9.45. The van der Waals surface area contributed by atoms with Gasteiger partial charge in [0.2, 0.25) is 0 Å². The predicted octanol–water partition coefficient (Wildman–Crippen LogP) is 5.58. The van der Waals surface area contributed by atoms with Crippen molar-refractivity contribution in [2.45, 2.75) is 19.3 Å². The highest BCUT2D eigenvalue weighted by atomic mass is 13.9. The van der Waals surface area contributed by atoms with Gasteiger partial charge in [-0.05, 0) is 30.4 Å². The first-order valence-electron chi connectivity index (χ1n) is 6.88. The van der Waals surface area contributed by atoms with E-state index in [0.717, 1.165) is 12.8 Å². The smallest absolute Gasteiger partial charge is 0.0260 e. The normalized spacial score (nSPS) is 11.4. The van der Waals surface area contributed by atoms with Crippen LogP contribution in [0.5, 0.6) is 0 Å². The zero-order valence-electron chi connectivity index (χ0n) is 11.2. The summed E-state index contributed by atoms with van der Waals surface area (Å²) in [7, 11) is 0. The Kier molecular flexibility index (Phi) is 5.69. The fraction of sp³-hybridized carbons (Fsp3) is 0.158. The van der Waals surface area contributed by atoms with Gasteiger partial charge in [-0.1, -0.05) is 85.0 Å². The summed E-state index contributed by atoms with van der Waals surface area (Å²) in [6.07, 6.45) is 12.4. The van der Waals surface area contributed by atoms with Gasteiger partial charge >= 0.3 is 0 Å². The van der Waals surface area contributed by atoms with E-state index in [4.69, 9.17) is 0 Å². The summed E-state index contributed by atoms with van der Waals surface area (Å²) in [4.78, 5) is 0. The van der Waals surface area contributed by atoms with E-state index in [2.05, 4.69) is 72.8 Å². The Morgan fingerprint density at radius 1 is 0.579 bits per heavy atom. The lowest BCUT2D eigenvalue weighted by Gasteiger charge is -1.93. The summed E-state index contributed by atoms with van der Waals surface area (Å²) < 4.78 is 0. The summed E-state index contributed by atoms with van der Waals surface area (Å²) in [6, 6.07) is 20.9. The van der Waals surface area contributed by atoms with E-state index in [1.54, 1.807) is 0 Å². The van der Waals surface area contributed by atoms with E-state index in [-0.39, 0.29) is 0 Å². The Morgan fingerprint density at radius 3 is 1.42 bits per heavy atom. The minimum absolute atomic E-state index is 1.13. The minimum Gasteiger partial charge on any atom is -0.0839 e. The molecule has 0 unspecified atom stereocenters. The van der Waals surface area contributed by atoms with Crippen molar-refractivity contribution in [2.75, 3.05) is 0 Å². The van der Waals surface area contributed by atoms with E-state index in [0.29, 0.717) is 0 Å². The van der Waals surface area contributed by atoms with Crippen molar-refractivity contribution < 1.29 is 0 Å². The highest BCUT2D eigenvalue weighted by molar-refractivity contribution is 5.49. The van der Waals surface area contributed by atoms with Gasteiger partial charge in [-0.3, -0.25) is 0 Å². The number of hydrogen-bond acceptors (Lipinski definition) is 0. The molecular weight excluding hydrogens is 228 g/mol. The van der Waals surface area contributed by atoms with Crippen LogP contribution in [0.1, 0.15) is 30.4 Å². The molecule has 0 aliphatic rings. The average Bonchev–Trinajstić information content (AvgIpc) is 2.48. The van der Waals surface area contributed by atoms with Gasteiger partial charge in [0.1, 0.15) is 0 Å². The van der Waals surface area contributed by atoms with E-state index in [1.165, 1.54) is 17.5 Å². The third-order valence-corrected chi connectivity index (χ3v) is 2.96. The van der Waals surface area contributed by atoms with Crippen LogP contribution in [0.2, 0.25) is 0 Å². The Hall–Kier alpha value is -2.08. The second-order valence-corrected chi connectivity index (χ2v) is 4.56. The molecule has 96 valence electrons. The van der Waals surface area contributed by atoms with E-state index in [1.807, 2.05) is 12.1 Å². The minimum atomic E-state index is 1.13. The first-order valence-corrected chi connectivity index (χ1v) is 6.88. The molecular formula is C19H20.